The SMILES string of the molecule is CCOC(=O)CC#Cc1ccc(S(N)(=O)=O)s1. The number of carbonyl (C=O) groups excluding carboxylic acids is 1. The summed E-state index contributed by atoms with van der Waals surface area (Å²) in [5, 5.41) is 4.95. The lowest BCUT2D eigenvalue weighted by atomic mass is 10.4. The Hall–Kier alpha value is -1.36. The second kappa shape index (κ2) is 5.82. The molecule has 0 atom stereocenters. The van der Waals surface area contributed by atoms with Crippen molar-refractivity contribution in [3.63, 3.8) is 0 Å². The fraction of sp³-hybridized carbons (Fsp3) is 0.300. The maximum atomic E-state index is 11.0. The van der Waals surface area contributed by atoms with Crippen molar-refractivity contribution < 1.29 is 17.9 Å². The van der Waals surface area contributed by atoms with Crippen molar-refractivity contribution in [2.45, 2.75) is 17.6 Å². The van der Waals surface area contributed by atoms with Gasteiger partial charge in [-0.3, -0.25) is 4.79 Å². The van der Waals surface area contributed by atoms with Gasteiger partial charge in [-0.1, -0.05) is 11.8 Å². The van der Waals surface area contributed by atoms with E-state index in [0.29, 0.717) is 11.5 Å². The predicted molar refractivity (Wildman–Crippen MR) is 63.8 cm³/mol. The number of esters is 1. The second-order valence-corrected chi connectivity index (χ2v) is 5.82. The molecular weight excluding hydrogens is 262 g/mol. The van der Waals surface area contributed by atoms with Gasteiger partial charge in [-0.15, -0.1) is 11.3 Å². The van der Waals surface area contributed by atoms with E-state index in [4.69, 9.17) is 5.14 Å². The Morgan fingerprint density at radius 1 is 1.53 bits per heavy atom. The summed E-state index contributed by atoms with van der Waals surface area (Å²) in [6.07, 6.45) is -0.0174. The molecule has 0 amide bonds. The van der Waals surface area contributed by atoms with Crippen LogP contribution in [0.2, 0.25) is 0 Å². The average Bonchev–Trinajstić information content (AvgIpc) is 2.66. The molecule has 0 spiro atoms. The number of hydrogen-bond acceptors (Lipinski definition) is 5. The highest BCUT2D eigenvalue weighted by atomic mass is 32.2. The van der Waals surface area contributed by atoms with Crippen molar-refractivity contribution in [2.24, 2.45) is 5.14 Å². The van der Waals surface area contributed by atoms with E-state index in [-0.39, 0.29) is 10.6 Å². The molecule has 0 fully saturated rings. The van der Waals surface area contributed by atoms with Crippen LogP contribution in [-0.2, 0) is 19.6 Å². The molecule has 0 unspecified atom stereocenters. The first-order valence-electron chi connectivity index (χ1n) is 4.70. The Morgan fingerprint density at radius 2 is 2.24 bits per heavy atom. The second-order valence-electron chi connectivity index (χ2n) is 2.95. The minimum atomic E-state index is -3.67. The quantitative estimate of drug-likeness (QED) is 0.648. The monoisotopic (exact) mass is 273 g/mol. The van der Waals surface area contributed by atoms with Crippen LogP contribution in [-0.4, -0.2) is 21.0 Å². The van der Waals surface area contributed by atoms with Crippen molar-refractivity contribution in [1.82, 2.24) is 0 Å². The molecule has 17 heavy (non-hydrogen) atoms. The molecule has 0 saturated carbocycles. The number of primary sulfonamides is 1. The fourth-order valence-corrected chi connectivity index (χ4v) is 2.56. The zero-order chi connectivity index (χ0) is 12.9. The molecule has 0 radical (unpaired) electrons. The normalized spacial score (nSPS) is 10.5. The summed E-state index contributed by atoms with van der Waals surface area (Å²) in [7, 11) is -3.67. The molecule has 0 aliphatic rings. The van der Waals surface area contributed by atoms with E-state index >= 15 is 0 Å². The van der Waals surface area contributed by atoms with Crippen molar-refractivity contribution in [3.8, 4) is 11.8 Å². The van der Waals surface area contributed by atoms with Crippen LogP contribution in [0.25, 0.3) is 0 Å². The third-order valence-electron chi connectivity index (χ3n) is 1.61. The van der Waals surface area contributed by atoms with E-state index < -0.39 is 16.0 Å². The Bertz CT molecular complexity index is 563. The maximum absolute atomic E-state index is 11.0. The van der Waals surface area contributed by atoms with Gasteiger partial charge in [0.25, 0.3) is 0 Å². The summed E-state index contributed by atoms with van der Waals surface area (Å²) >= 11 is 0.966. The minimum absolute atomic E-state index is 0.0174. The predicted octanol–water partition coefficient (Wildman–Crippen LogP) is 0.700. The number of rotatable bonds is 3. The molecule has 0 aliphatic carbocycles. The van der Waals surface area contributed by atoms with Gasteiger partial charge in [0.05, 0.1) is 11.5 Å². The molecule has 0 saturated heterocycles. The summed E-state index contributed by atoms with van der Waals surface area (Å²) in [5.41, 5.74) is 0. The topological polar surface area (TPSA) is 86.5 Å². The first-order valence-corrected chi connectivity index (χ1v) is 7.07. The van der Waals surface area contributed by atoms with Gasteiger partial charge in [0.15, 0.2) is 0 Å². The van der Waals surface area contributed by atoms with Crippen LogP contribution in [0.4, 0.5) is 0 Å². The average molecular weight is 273 g/mol. The van der Waals surface area contributed by atoms with Gasteiger partial charge < -0.3 is 4.74 Å². The Morgan fingerprint density at radius 3 is 2.76 bits per heavy atom. The molecule has 92 valence electrons. The van der Waals surface area contributed by atoms with Gasteiger partial charge in [0, 0.05) is 0 Å². The lowest BCUT2D eigenvalue weighted by molar-refractivity contribution is -0.141. The molecule has 0 bridgehead atoms. The third kappa shape index (κ3) is 4.56. The van der Waals surface area contributed by atoms with Crippen LogP contribution in [0.5, 0.6) is 0 Å². The van der Waals surface area contributed by atoms with Crippen LogP contribution in [0.3, 0.4) is 0 Å². The molecule has 1 aromatic rings. The highest BCUT2D eigenvalue weighted by Gasteiger charge is 2.09. The summed E-state index contributed by atoms with van der Waals surface area (Å²) < 4.78 is 26.7. The third-order valence-corrected chi connectivity index (χ3v) is 4.05. The zero-order valence-electron chi connectivity index (χ0n) is 9.10. The van der Waals surface area contributed by atoms with Crippen molar-refractivity contribution in [1.29, 1.82) is 0 Å². The molecular formula is C10H11NO4S2. The summed E-state index contributed by atoms with van der Waals surface area (Å²) in [6, 6.07) is 2.93. The lowest BCUT2D eigenvalue weighted by Gasteiger charge is -1.94. The van der Waals surface area contributed by atoms with E-state index in [0.717, 1.165) is 11.3 Å². The fourth-order valence-electron chi connectivity index (χ4n) is 0.956. The van der Waals surface area contributed by atoms with E-state index in [9.17, 15) is 13.2 Å². The molecule has 5 nitrogen and oxygen atoms in total. The van der Waals surface area contributed by atoms with Crippen LogP contribution < -0.4 is 5.14 Å². The summed E-state index contributed by atoms with van der Waals surface area (Å²) in [5.74, 6) is 4.88. The van der Waals surface area contributed by atoms with Crippen LogP contribution in [0, 0.1) is 11.8 Å². The van der Waals surface area contributed by atoms with E-state index in [1.54, 1.807) is 13.0 Å². The van der Waals surface area contributed by atoms with Crippen molar-refractivity contribution >= 4 is 27.3 Å². The largest absolute Gasteiger partial charge is 0.465 e. The number of ether oxygens (including phenoxy) is 1. The molecule has 0 aliphatic heterocycles. The first kappa shape index (κ1) is 13.7. The minimum Gasteiger partial charge on any atom is -0.465 e. The van der Waals surface area contributed by atoms with Crippen molar-refractivity contribution in [3.05, 3.63) is 17.0 Å². The van der Waals surface area contributed by atoms with Gasteiger partial charge in [-0.2, -0.15) is 0 Å². The van der Waals surface area contributed by atoms with E-state index in [1.807, 2.05) is 0 Å². The van der Waals surface area contributed by atoms with Gasteiger partial charge in [0.1, 0.15) is 10.6 Å². The molecule has 0 aromatic carbocycles. The molecule has 1 rings (SSSR count). The summed E-state index contributed by atoms with van der Waals surface area (Å²) in [6.45, 7) is 2.03. The smallest absolute Gasteiger partial charge is 0.317 e. The van der Waals surface area contributed by atoms with E-state index in [2.05, 4.69) is 16.6 Å². The lowest BCUT2D eigenvalue weighted by Crippen LogP contribution is -2.09. The zero-order valence-corrected chi connectivity index (χ0v) is 10.7. The number of nitrogens with two attached hydrogens (primary N) is 1. The Kier molecular flexibility index (Phi) is 4.69. The van der Waals surface area contributed by atoms with Gasteiger partial charge in [0.2, 0.25) is 10.0 Å². The first-order chi connectivity index (χ1) is 7.93. The molecule has 1 heterocycles. The van der Waals surface area contributed by atoms with Gasteiger partial charge in [-0.25, -0.2) is 13.6 Å². The Balaban J connectivity index is 2.68. The number of hydrogen-bond donors (Lipinski definition) is 1. The van der Waals surface area contributed by atoms with Crippen LogP contribution in [0.1, 0.15) is 18.2 Å². The van der Waals surface area contributed by atoms with Crippen molar-refractivity contribution in [2.75, 3.05) is 6.61 Å². The number of carbonyl (C=O) groups is 1. The van der Waals surface area contributed by atoms with E-state index in [1.165, 1.54) is 6.07 Å². The number of sulfonamides is 1. The standard InChI is InChI=1S/C10H11NO4S2/c1-2-15-9(12)5-3-4-8-6-7-10(16-8)17(11,13)14/h6-7H,2,5H2,1H3,(H2,11,13,14). The Labute approximate surface area is 104 Å². The molecule has 7 heteroatoms. The number of thiophene rings is 1. The molecule has 2 N–H and O–H groups in total. The van der Waals surface area contributed by atoms with Gasteiger partial charge in [-0.05, 0) is 19.1 Å². The summed E-state index contributed by atoms with van der Waals surface area (Å²) in [4.78, 5) is 11.5. The molecule has 1 aromatic heterocycles. The van der Waals surface area contributed by atoms with Gasteiger partial charge >= 0.3 is 5.97 Å². The van der Waals surface area contributed by atoms with Crippen LogP contribution >= 0.6 is 11.3 Å². The highest BCUT2D eigenvalue weighted by molar-refractivity contribution is 7.91. The maximum Gasteiger partial charge on any atom is 0.317 e. The van der Waals surface area contributed by atoms with Crippen LogP contribution in [0.15, 0.2) is 16.3 Å². The highest BCUT2D eigenvalue weighted by Crippen LogP contribution is 2.19.